The molecule has 0 fully saturated rings. The van der Waals surface area contributed by atoms with Crippen molar-refractivity contribution in [1.29, 1.82) is 0 Å². The summed E-state index contributed by atoms with van der Waals surface area (Å²) in [6.07, 6.45) is 0.379. The highest BCUT2D eigenvalue weighted by atomic mass is 32.2. The van der Waals surface area contributed by atoms with Gasteiger partial charge in [-0.05, 0) is 37.9 Å². The fourth-order valence-electron chi connectivity index (χ4n) is 1.44. The van der Waals surface area contributed by atoms with E-state index in [-0.39, 0.29) is 10.8 Å². The molecule has 106 valence electrons. The Morgan fingerprint density at radius 2 is 1.84 bits per heavy atom. The van der Waals surface area contributed by atoms with Gasteiger partial charge in [-0.2, -0.15) is 0 Å². The fraction of sp³-hybridized carbons (Fsp3) is 0.417. The lowest BCUT2D eigenvalue weighted by Gasteiger charge is -2.07. The van der Waals surface area contributed by atoms with Crippen LogP contribution in [0.3, 0.4) is 0 Å². The number of rotatable bonds is 7. The topological polar surface area (TPSA) is 87.3 Å². The molecule has 1 aromatic rings. The Balaban J connectivity index is 2.60. The summed E-state index contributed by atoms with van der Waals surface area (Å²) in [4.78, 5) is 11.7. The maximum atomic E-state index is 11.5. The van der Waals surface area contributed by atoms with Crippen molar-refractivity contribution < 1.29 is 13.2 Å². The highest BCUT2D eigenvalue weighted by molar-refractivity contribution is 7.89. The minimum Gasteiger partial charge on any atom is -0.326 e. The first-order valence-electron chi connectivity index (χ1n) is 6.03. The highest BCUT2D eigenvalue weighted by Crippen LogP contribution is 2.13. The third kappa shape index (κ3) is 4.98. The average Bonchev–Trinajstić information content (AvgIpc) is 2.39. The largest absolute Gasteiger partial charge is 0.326 e. The molecule has 0 aliphatic carbocycles. The summed E-state index contributed by atoms with van der Waals surface area (Å²) >= 11 is 0. The predicted molar refractivity (Wildman–Crippen MR) is 74.5 cm³/mol. The molecular formula is C12H19N3O3S. The number of amides is 1. The molecule has 0 saturated carbocycles. The molecule has 6 nitrogen and oxygen atoms in total. The first-order chi connectivity index (χ1) is 8.99. The molecule has 0 bridgehead atoms. The van der Waals surface area contributed by atoms with E-state index in [0.717, 1.165) is 6.54 Å². The van der Waals surface area contributed by atoms with Crippen LogP contribution in [-0.2, 0) is 14.8 Å². The molecule has 3 N–H and O–H groups in total. The van der Waals surface area contributed by atoms with Gasteiger partial charge >= 0.3 is 0 Å². The van der Waals surface area contributed by atoms with Gasteiger partial charge in [0.2, 0.25) is 15.9 Å². The van der Waals surface area contributed by atoms with Crippen LogP contribution in [0.15, 0.2) is 29.2 Å². The van der Waals surface area contributed by atoms with Crippen LogP contribution in [0.2, 0.25) is 0 Å². The minimum atomic E-state index is -3.43. The Bertz CT molecular complexity index is 512. The zero-order valence-electron chi connectivity index (χ0n) is 11.1. The van der Waals surface area contributed by atoms with Crippen molar-refractivity contribution in [3.63, 3.8) is 0 Å². The van der Waals surface area contributed by atoms with Crippen molar-refractivity contribution in [3.05, 3.63) is 24.3 Å². The summed E-state index contributed by atoms with van der Waals surface area (Å²) in [6.45, 7) is 3.41. The highest BCUT2D eigenvalue weighted by Gasteiger charge is 2.10. The molecule has 0 aromatic heterocycles. The number of hydrogen-bond acceptors (Lipinski definition) is 4. The van der Waals surface area contributed by atoms with Crippen molar-refractivity contribution in [2.24, 2.45) is 0 Å². The maximum Gasteiger partial charge on any atom is 0.240 e. The molecule has 0 atom stereocenters. The molecule has 0 aliphatic rings. The summed E-state index contributed by atoms with van der Waals surface area (Å²) in [6, 6.07) is 6.03. The van der Waals surface area contributed by atoms with Crippen LogP contribution in [0.5, 0.6) is 0 Å². The van der Waals surface area contributed by atoms with Gasteiger partial charge in [-0.3, -0.25) is 4.79 Å². The molecule has 1 amide bonds. The van der Waals surface area contributed by atoms with Crippen molar-refractivity contribution in [2.45, 2.75) is 18.2 Å². The lowest BCUT2D eigenvalue weighted by molar-refractivity contribution is -0.116. The van der Waals surface area contributed by atoms with Crippen LogP contribution in [0, 0.1) is 0 Å². The van der Waals surface area contributed by atoms with Gasteiger partial charge in [0.1, 0.15) is 0 Å². The van der Waals surface area contributed by atoms with Crippen molar-refractivity contribution in [1.82, 2.24) is 10.0 Å². The fourth-order valence-corrected chi connectivity index (χ4v) is 2.17. The first-order valence-corrected chi connectivity index (χ1v) is 7.52. The summed E-state index contributed by atoms with van der Waals surface area (Å²) in [5.74, 6) is -0.106. The monoisotopic (exact) mass is 285 g/mol. The minimum absolute atomic E-state index is 0.106. The van der Waals surface area contributed by atoms with E-state index in [9.17, 15) is 13.2 Å². The number of nitrogens with one attached hydrogen (secondary N) is 3. The number of sulfonamides is 1. The smallest absolute Gasteiger partial charge is 0.240 e. The third-order valence-corrected chi connectivity index (χ3v) is 3.93. The summed E-state index contributed by atoms with van der Waals surface area (Å²) in [5.41, 5.74) is 0.580. The van der Waals surface area contributed by atoms with E-state index in [1.165, 1.54) is 19.2 Å². The zero-order valence-corrected chi connectivity index (χ0v) is 11.9. The lowest BCUT2D eigenvalue weighted by Crippen LogP contribution is -2.21. The predicted octanol–water partition coefficient (Wildman–Crippen LogP) is 0.533. The van der Waals surface area contributed by atoms with E-state index in [2.05, 4.69) is 15.4 Å². The van der Waals surface area contributed by atoms with Crippen molar-refractivity contribution >= 4 is 21.6 Å². The Hall–Kier alpha value is -1.44. The Labute approximate surface area is 113 Å². The molecule has 0 aliphatic heterocycles. The van der Waals surface area contributed by atoms with Crippen LogP contribution in [0.25, 0.3) is 0 Å². The van der Waals surface area contributed by atoms with Crippen LogP contribution >= 0.6 is 0 Å². The van der Waals surface area contributed by atoms with Crippen molar-refractivity contribution in [2.75, 3.05) is 25.5 Å². The van der Waals surface area contributed by atoms with Crippen LogP contribution < -0.4 is 15.4 Å². The van der Waals surface area contributed by atoms with Gasteiger partial charge in [0.05, 0.1) is 4.90 Å². The maximum absolute atomic E-state index is 11.5. The van der Waals surface area contributed by atoms with Gasteiger partial charge in [0.25, 0.3) is 0 Å². The van der Waals surface area contributed by atoms with Crippen molar-refractivity contribution in [3.8, 4) is 0 Å². The van der Waals surface area contributed by atoms with Crippen LogP contribution in [-0.4, -0.2) is 34.5 Å². The normalized spacial score (nSPS) is 11.3. The van der Waals surface area contributed by atoms with Gasteiger partial charge < -0.3 is 10.6 Å². The van der Waals surface area contributed by atoms with Gasteiger partial charge in [0, 0.05) is 18.7 Å². The van der Waals surface area contributed by atoms with Crippen LogP contribution in [0.4, 0.5) is 5.69 Å². The van der Waals surface area contributed by atoms with Crippen LogP contribution in [0.1, 0.15) is 13.3 Å². The quantitative estimate of drug-likeness (QED) is 0.638. The van der Waals surface area contributed by atoms with Gasteiger partial charge in [0.15, 0.2) is 0 Å². The Morgan fingerprint density at radius 1 is 1.21 bits per heavy atom. The molecule has 0 heterocycles. The number of anilines is 1. The van der Waals surface area contributed by atoms with Gasteiger partial charge in [-0.1, -0.05) is 6.92 Å². The van der Waals surface area contributed by atoms with E-state index < -0.39 is 10.0 Å². The van der Waals surface area contributed by atoms with E-state index in [0.29, 0.717) is 18.7 Å². The zero-order chi connectivity index (χ0) is 14.3. The molecule has 7 heteroatoms. The van der Waals surface area contributed by atoms with E-state index >= 15 is 0 Å². The Kier molecular flexibility index (Phi) is 5.94. The summed E-state index contributed by atoms with van der Waals surface area (Å²) < 4.78 is 25.2. The van der Waals surface area contributed by atoms with E-state index in [1.807, 2.05) is 6.92 Å². The number of carbonyl (C=O) groups is 1. The summed E-state index contributed by atoms with van der Waals surface area (Å²) in [5, 5.41) is 5.76. The molecule has 0 unspecified atom stereocenters. The SMILES string of the molecule is CCNCCC(=O)Nc1ccc(S(=O)(=O)NC)cc1. The van der Waals surface area contributed by atoms with Gasteiger partial charge in [-0.15, -0.1) is 0 Å². The standard InChI is InChI=1S/C12H19N3O3S/c1-3-14-9-8-12(16)15-10-4-6-11(7-5-10)19(17,18)13-2/h4-7,13-14H,3,8-9H2,1-2H3,(H,15,16). The number of benzene rings is 1. The summed E-state index contributed by atoms with van der Waals surface area (Å²) in [7, 11) is -2.08. The molecule has 1 rings (SSSR count). The number of carbonyl (C=O) groups excluding carboxylic acids is 1. The molecule has 0 spiro atoms. The molecule has 0 saturated heterocycles. The second-order valence-electron chi connectivity index (χ2n) is 3.88. The van der Waals surface area contributed by atoms with E-state index in [4.69, 9.17) is 0 Å². The first kappa shape index (κ1) is 15.6. The molecule has 0 radical (unpaired) electrons. The third-order valence-electron chi connectivity index (χ3n) is 2.50. The van der Waals surface area contributed by atoms with Gasteiger partial charge in [-0.25, -0.2) is 13.1 Å². The van der Waals surface area contributed by atoms with E-state index in [1.54, 1.807) is 12.1 Å². The Morgan fingerprint density at radius 3 is 2.37 bits per heavy atom. The molecule has 1 aromatic carbocycles. The lowest BCUT2D eigenvalue weighted by atomic mass is 10.3. The second kappa shape index (κ2) is 7.22. The molecular weight excluding hydrogens is 266 g/mol. The molecule has 19 heavy (non-hydrogen) atoms. The number of hydrogen-bond donors (Lipinski definition) is 3. The average molecular weight is 285 g/mol. The second-order valence-corrected chi connectivity index (χ2v) is 5.77.